The van der Waals surface area contributed by atoms with Gasteiger partial charge in [-0.25, -0.2) is 0 Å². The third-order valence-electron chi connectivity index (χ3n) is 2.95. The monoisotopic (exact) mass is 271 g/mol. The topological polar surface area (TPSA) is 69.4 Å². The minimum Gasteiger partial charge on any atom is -0.490 e. The predicted octanol–water partition coefficient (Wildman–Crippen LogP) is 3.14. The van der Waals surface area contributed by atoms with E-state index >= 15 is 0 Å². The molecule has 0 saturated heterocycles. The summed E-state index contributed by atoms with van der Waals surface area (Å²) in [6.07, 6.45) is 0. The number of ether oxygens (including phenoxy) is 1. The number of rotatable bonds is 4. The van der Waals surface area contributed by atoms with Crippen molar-refractivity contribution in [3.05, 3.63) is 69.3 Å². The van der Waals surface area contributed by atoms with Crippen LogP contribution in [0, 0.1) is 17.0 Å². The van der Waals surface area contributed by atoms with Crippen LogP contribution >= 0.6 is 0 Å². The van der Waals surface area contributed by atoms with E-state index in [1.54, 1.807) is 12.1 Å². The maximum absolute atomic E-state index is 12.3. The molecule has 0 aromatic heterocycles. The summed E-state index contributed by atoms with van der Waals surface area (Å²) in [5, 5.41) is 11.0. The Bertz CT molecular complexity index is 662. The molecular weight excluding hydrogens is 258 g/mol. The van der Waals surface area contributed by atoms with Crippen LogP contribution in [-0.4, -0.2) is 17.8 Å². The van der Waals surface area contributed by atoms with Gasteiger partial charge in [-0.2, -0.15) is 0 Å². The van der Waals surface area contributed by atoms with E-state index in [0.717, 1.165) is 5.56 Å². The van der Waals surface area contributed by atoms with Gasteiger partial charge >= 0.3 is 5.69 Å². The smallest absolute Gasteiger partial charge is 0.311 e. The molecular formula is C15H13NO4. The van der Waals surface area contributed by atoms with Gasteiger partial charge in [-0.3, -0.25) is 14.9 Å². The van der Waals surface area contributed by atoms with Gasteiger partial charge in [0.1, 0.15) is 0 Å². The number of nitrogens with zero attached hydrogens (tertiary/aromatic N) is 1. The molecule has 5 nitrogen and oxygen atoms in total. The first-order chi connectivity index (χ1) is 9.52. The van der Waals surface area contributed by atoms with Crippen molar-refractivity contribution in [1.82, 2.24) is 0 Å². The Morgan fingerprint density at radius 1 is 1.10 bits per heavy atom. The molecule has 0 saturated carbocycles. The summed E-state index contributed by atoms with van der Waals surface area (Å²) in [5.41, 5.74) is 1.59. The molecule has 0 fully saturated rings. The van der Waals surface area contributed by atoms with Crippen molar-refractivity contribution in [2.45, 2.75) is 6.92 Å². The molecule has 2 aromatic rings. The number of hydrogen-bond donors (Lipinski definition) is 0. The normalized spacial score (nSPS) is 10.1. The number of benzene rings is 2. The van der Waals surface area contributed by atoms with Gasteiger partial charge in [0.05, 0.1) is 12.0 Å². The highest BCUT2D eigenvalue weighted by Crippen LogP contribution is 2.28. The van der Waals surface area contributed by atoms with Crippen molar-refractivity contribution in [3.8, 4) is 5.75 Å². The number of nitro groups is 1. The van der Waals surface area contributed by atoms with Crippen LogP contribution in [-0.2, 0) is 0 Å². The maximum Gasteiger partial charge on any atom is 0.311 e. The fourth-order valence-corrected chi connectivity index (χ4v) is 1.85. The molecule has 5 heteroatoms. The second-order valence-corrected chi connectivity index (χ2v) is 4.34. The maximum atomic E-state index is 12.3. The van der Waals surface area contributed by atoms with Gasteiger partial charge in [-0.05, 0) is 19.1 Å². The highest BCUT2D eigenvalue weighted by Gasteiger charge is 2.18. The lowest BCUT2D eigenvalue weighted by atomic mass is 10.0. The van der Waals surface area contributed by atoms with Crippen molar-refractivity contribution >= 4 is 11.5 Å². The second kappa shape index (κ2) is 5.52. The van der Waals surface area contributed by atoms with E-state index in [1.807, 2.05) is 19.1 Å². The summed E-state index contributed by atoms with van der Waals surface area (Å²) in [7, 11) is 1.35. The number of methoxy groups -OCH3 is 1. The Labute approximate surface area is 116 Å². The molecule has 0 unspecified atom stereocenters. The molecule has 0 radical (unpaired) electrons. The number of hydrogen-bond acceptors (Lipinski definition) is 4. The summed E-state index contributed by atoms with van der Waals surface area (Å²) >= 11 is 0. The molecule has 0 atom stereocenters. The van der Waals surface area contributed by atoms with Crippen LogP contribution in [0.5, 0.6) is 5.75 Å². The van der Waals surface area contributed by atoms with Gasteiger partial charge in [0.2, 0.25) is 0 Å². The molecule has 102 valence electrons. The standard InChI is InChI=1S/C15H13NO4/c1-10-3-5-11(6-4-10)15(17)12-7-8-14(20-2)13(9-12)16(18)19/h3-9H,1-2H3. The SMILES string of the molecule is COc1ccc(C(=O)c2ccc(C)cc2)cc1[N+](=O)[O-]. The van der Waals surface area contributed by atoms with E-state index in [0.29, 0.717) is 5.56 Å². The number of nitro benzene ring substituents is 1. The van der Waals surface area contributed by atoms with Crippen molar-refractivity contribution in [2.24, 2.45) is 0 Å². The van der Waals surface area contributed by atoms with E-state index in [2.05, 4.69) is 0 Å². The summed E-state index contributed by atoms with van der Waals surface area (Å²) < 4.78 is 4.91. The van der Waals surface area contributed by atoms with E-state index in [4.69, 9.17) is 4.74 Å². The van der Waals surface area contributed by atoms with Crippen LogP contribution in [0.2, 0.25) is 0 Å². The summed E-state index contributed by atoms with van der Waals surface area (Å²) in [6, 6.07) is 11.2. The number of aryl methyl sites for hydroxylation is 1. The van der Waals surface area contributed by atoms with Crippen LogP contribution in [0.3, 0.4) is 0 Å². The van der Waals surface area contributed by atoms with E-state index in [9.17, 15) is 14.9 Å². The van der Waals surface area contributed by atoms with Gasteiger partial charge in [0, 0.05) is 17.2 Å². The Hall–Kier alpha value is -2.69. The lowest BCUT2D eigenvalue weighted by Gasteiger charge is -2.05. The van der Waals surface area contributed by atoms with Crippen LogP contribution in [0.15, 0.2) is 42.5 Å². The Kier molecular flexibility index (Phi) is 3.79. The van der Waals surface area contributed by atoms with Crippen molar-refractivity contribution < 1.29 is 14.5 Å². The van der Waals surface area contributed by atoms with Crippen LogP contribution < -0.4 is 4.74 Å². The number of carbonyl (C=O) groups excluding carboxylic acids is 1. The lowest BCUT2D eigenvalue weighted by Crippen LogP contribution is -2.03. The first-order valence-corrected chi connectivity index (χ1v) is 5.96. The first kappa shape index (κ1) is 13.7. The van der Waals surface area contributed by atoms with Crippen molar-refractivity contribution in [2.75, 3.05) is 7.11 Å². The van der Waals surface area contributed by atoms with Crippen molar-refractivity contribution in [3.63, 3.8) is 0 Å². The Morgan fingerprint density at radius 3 is 2.25 bits per heavy atom. The Morgan fingerprint density at radius 2 is 1.70 bits per heavy atom. The van der Waals surface area contributed by atoms with Crippen LogP contribution in [0.1, 0.15) is 21.5 Å². The molecule has 0 bridgehead atoms. The molecule has 0 spiro atoms. The molecule has 2 rings (SSSR count). The number of carbonyl (C=O) groups is 1. The summed E-state index contributed by atoms with van der Waals surface area (Å²) in [5.74, 6) is -0.119. The third-order valence-corrected chi connectivity index (χ3v) is 2.95. The minimum absolute atomic E-state index is 0.135. The molecule has 2 aromatic carbocycles. The molecule has 0 aliphatic heterocycles. The fraction of sp³-hybridized carbons (Fsp3) is 0.133. The minimum atomic E-state index is -0.565. The average Bonchev–Trinajstić information content (AvgIpc) is 2.46. The van der Waals surface area contributed by atoms with Gasteiger partial charge < -0.3 is 4.74 Å². The zero-order chi connectivity index (χ0) is 14.7. The fourth-order valence-electron chi connectivity index (χ4n) is 1.85. The Balaban J connectivity index is 2.42. The predicted molar refractivity (Wildman–Crippen MR) is 74.3 cm³/mol. The average molecular weight is 271 g/mol. The van der Waals surface area contributed by atoms with E-state index < -0.39 is 4.92 Å². The second-order valence-electron chi connectivity index (χ2n) is 4.34. The van der Waals surface area contributed by atoms with Gasteiger partial charge in [0.25, 0.3) is 0 Å². The quantitative estimate of drug-likeness (QED) is 0.486. The highest BCUT2D eigenvalue weighted by atomic mass is 16.6. The van der Waals surface area contributed by atoms with Crippen molar-refractivity contribution in [1.29, 1.82) is 0 Å². The molecule has 20 heavy (non-hydrogen) atoms. The first-order valence-electron chi connectivity index (χ1n) is 5.96. The van der Waals surface area contributed by atoms with Crippen LogP contribution in [0.4, 0.5) is 5.69 Å². The third kappa shape index (κ3) is 2.66. The summed E-state index contributed by atoms with van der Waals surface area (Å²) in [6.45, 7) is 1.92. The van der Waals surface area contributed by atoms with Gasteiger partial charge in [0.15, 0.2) is 11.5 Å². The zero-order valence-electron chi connectivity index (χ0n) is 11.1. The molecule has 0 aliphatic rings. The van der Waals surface area contributed by atoms with Crippen LogP contribution in [0.25, 0.3) is 0 Å². The molecule has 0 aliphatic carbocycles. The zero-order valence-corrected chi connectivity index (χ0v) is 11.1. The van der Waals surface area contributed by atoms with E-state index in [1.165, 1.54) is 25.3 Å². The molecule has 0 amide bonds. The van der Waals surface area contributed by atoms with E-state index in [-0.39, 0.29) is 22.8 Å². The largest absolute Gasteiger partial charge is 0.490 e. The summed E-state index contributed by atoms with van der Waals surface area (Å²) in [4.78, 5) is 22.7. The van der Waals surface area contributed by atoms with Gasteiger partial charge in [-0.1, -0.05) is 29.8 Å². The lowest BCUT2D eigenvalue weighted by molar-refractivity contribution is -0.385. The molecule has 0 heterocycles. The van der Waals surface area contributed by atoms with Gasteiger partial charge in [-0.15, -0.1) is 0 Å². The molecule has 0 N–H and O–H groups in total. The highest BCUT2D eigenvalue weighted by molar-refractivity contribution is 6.09. The number of ketones is 1.